The van der Waals surface area contributed by atoms with Crippen LogP contribution >= 0.6 is 11.6 Å². The number of hydrogen-bond acceptors (Lipinski definition) is 6. The van der Waals surface area contributed by atoms with Crippen molar-refractivity contribution < 1.29 is 9.53 Å². The van der Waals surface area contributed by atoms with Gasteiger partial charge in [0.2, 0.25) is 17.1 Å². The van der Waals surface area contributed by atoms with Gasteiger partial charge in [-0.25, -0.2) is 0 Å². The van der Waals surface area contributed by atoms with Gasteiger partial charge in [-0.3, -0.25) is 4.79 Å². The van der Waals surface area contributed by atoms with Gasteiger partial charge in [0.25, 0.3) is 0 Å². The Morgan fingerprint density at radius 3 is 2.70 bits per heavy atom. The molecule has 0 unspecified atom stereocenters. The van der Waals surface area contributed by atoms with Crippen molar-refractivity contribution in [1.29, 1.82) is 0 Å². The van der Waals surface area contributed by atoms with Gasteiger partial charge < -0.3 is 15.4 Å². The first-order valence-corrected chi connectivity index (χ1v) is 7.07. The molecule has 0 radical (unpaired) electrons. The first kappa shape index (κ1) is 14.8. The van der Waals surface area contributed by atoms with Crippen molar-refractivity contribution in [2.24, 2.45) is 5.73 Å². The Labute approximate surface area is 122 Å². The second kappa shape index (κ2) is 6.69. The molecule has 1 aliphatic carbocycles. The molecule has 0 aromatic carbocycles. The molecule has 0 bridgehead atoms. The highest BCUT2D eigenvalue weighted by atomic mass is 35.5. The molecule has 0 aliphatic heterocycles. The van der Waals surface area contributed by atoms with Crippen LogP contribution < -0.4 is 15.4 Å². The Kier molecular flexibility index (Phi) is 4.94. The lowest BCUT2D eigenvalue weighted by Crippen LogP contribution is -2.41. The van der Waals surface area contributed by atoms with E-state index >= 15 is 0 Å². The van der Waals surface area contributed by atoms with E-state index in [1.807, 2.05) is 6.92 Å². The molecule has 1 aromatic heterocycles. The quantitative estimate of drug-likeness (QED) is 0.847. The molecule has 0 saturated heterocycles. The van der Waals surface area contributed by atoms with Crippen molar-refractivity contribution in [2.75, 3.05) is 18.1 Å². The van der Waals surface area contributed by atoms with Crippen LogP contribution in [0.5, 0.6) is 6.01 Å². The predicted molar refractivity (Wildman–Crippen MR) is 74.8 cm³/mol. The highest BCUT2D eigenvalue weighted by Crippen LogP contribution is 2.27. The summed E-state index contributed by atoms with van der Waals surface area (Å²) >= 11 is 5.89. The summed E-state index contributed by atoms with van der Waals surface area (Å²) in [6, 6.07) is 0.366. The third-order valence-electron chi connectivity index (χ3n) is 3.20. The summed E-state index contributed by atoms with van der Waals surface area (Å²) in [5, 5.41) is 0.0471. The zero-order valence-electron chi connectivity index (χ0n) is 11.4. The van der Waals surface area contributed by atoms with Crippen LogP contribution in [0.25, 0.3) is 0 Å². The number of amides is 1. The average Bonchev–Trinajstić information content (AvgIpc) is 2.89. The Bertz CT molecular complexity index is 479. The number of nitrogens with zero attached hydrogens (tertiary/aromatic N) is 4. The minimum atomic E-state index is -0.425. The zero-order valence-corrected chi connectivity index (χ0v) is 12.1. The minimum absolute atomic E-state index is 0.0471. The minimum Gasteiger partial charge on any atom is -0.464 e. The number of hydrogen-bond donors (Lipinski definition) is 1. The highest BCUT2D eigenvalue weighted by Gasteiger charge is 2.27. The maximum absolute atomic E-state index is 11.3. The van der Waals surface area contributed by atoms with Crippen molar-refractivity contribution in [1.82, 2.24) is 15.0 Å². The number of anilines is 1. The summed E-state index contributed by atoms with van der Waals surface area (Å²) in [4.78, 5) is 25.3. The van der Waals surface area contributed by atoms with Crippen molar-refractivity contribution in [2.45, 2.75) is 38.6 Å². The van der Waals surface area contributed by atoms with E-state index in [0.29, 0.717) is 12.6 Å². The molecule has 8 heteroatoms. The summed E-state index contributed by atoms with van der Waals surface area (Å²) < 4.78 is 5.26. The first-order valence-electron chi connectivity index (χ1n) is 6.69. The summed E-state index contributed by atoms with van der Waals surface area (Å²) in [6.07, 6.45) is 4.22. The van der Waals surface area contributed by atoms with E-state index in [4.69, 9.17) is 22.1 Å². The molecule has 1 amide bonds. The van der Waals surface area contributed by atoms with E-state index in [2.05, 4.69) is 15.0 Å². The van der Waals surface area contributed by atoms with Crippen LogP contribution in [0.2, 0.25) is 5.28 Å². The van der Waals surface area contributed by atoms with Crippen molar-refractivity contribution >= 4 is 23.5 Å². The van der Waals surface area contributed by atoms with Gasteiger partial charge >= 0.3 is 6.01 Å². The molecule has 110 valence electrons. The average molecular weight is 300 g/mol. The molecule has 1 aliphatic rings. The number of primary amides is 1. The molecule has 7 nitrogen and oxygen atoms in total. The number of aromatic nitrogens is 3. The van der Waals surface area contributed by atoms with Gasteiger partial charge in [-0.1, -0.05) is 12.8 Å². The molecule has 1 heterocycles. The molecule has 2 rings (SSSR count). The molecule has 0 atom stereocenters. The number of rotatable bonds is 6. The van der Waals surface area contributed by atoms with Crippen LogP contribution in [0.15, 0.2) is 0 Å². The summed E-state index contributed by atoms with van der Waals surface area (Å²) in [6.45, 7) is 2.32. The highest BCUT2D eigenvalue weighted by molar-refractivity contribution is 6.28. The second-order valence-corrected chi connectivity index (χ2v) is 4.99. The van der Waals surface area contributed by atoms with Crippen LogP contribution in [0.4, 0.5) is 5.95 Å². The lowest BCUT2D eigenvalue weighted by molar-refractivity contribution is -0.116. The lowest BCUT2D eigenvalue weighted by Gasteiger charge is -2.27. The fourth-order valence-corrected chi connectivity index (χ4v) is 2.54. The van der Waals surface area contributed by atoms with Crippen molar-refractivity contribution in [3.05, 3.63) is 5.28 Å². The Balaban J connectivity index is 2.28. The van der Waals surface area contributed by atoms with Gasteiger partial charge in [0.1, 0.15) is 0 Å². The lowest BCUT2D eigenvalue weighted by atomic mass is 10.2. The van der Waals surface area contributed by atoms with Gasteiger partial charge in [0.05, 0.1) is 13.2 Å². The van der Waals surface area contributed by atoms with Gasteiger partial charge in [0.15, 0.2) is 0 Å². The molecular weight excluding hydrogens is 282 g/mol. The number of halogens is 1. The Morgan fingerprint density at radius 1 is 1.40 bits per heavy atom. The van der Waals surface area contributed by atoms with E-state index in [1.165, 1.54) is 0 Å². The maximum atomic E-state index is 11.3. The normalized spacial score (nSPS) is 15.3. The first-order chi connectivity index (χ1) is 9.60. The number of carbonyl (C=O) groups excluding carboxylic acids is 1. The van der Waals surface area contributed by atoms with Gasteiger partial charge in [-0.05, 0) is 31.4 Å². The van der Waals surface area contributed by atoms with Crippen molar-refractivity contribution in [3.8, 4) is 6.01 Å². The van der Waals surface area contributed by atoms with E-state index in [9.17, 15) is 4.79 Å². The van der Waals surface area contributed by atoms with E-state index in [1.54, 1.807) is 4.90 Å². The second-order valence-electron chi connectivity index (χ2n) is 4.65. The van der Waals surface area contributed by atoms with E-state index in [0.717, 1.165) is 25.7 Å². The standard InChI is InChI=1S/C12H18ClN5O2/c1-2-20-12-16-10(13)15-11(17-12)18(7-9(14)19)8-5-3-4-6-8/h8H,2-7H2,1H3,(H2,14,19). The largest absolute Gasteiger partial charge is 0.464 e. The summed E-state index contributed by atoms with van der Waals surface area (Å²) in [5.41, 5.74) is 5.32. The topological polar surface area (TPSA) is 94.2 Å². The SMILES string of the molecule is CCOc1nc(Cl)nc(N(CC(N)=O)C2CCCC2)n1. The molecule has 2 N–H and O–H groups in total. The molecular formula is C12H18ClN5O2. The molecule has 0 spiro atoms. The van der Waals surface area contributed by atoms with Gasteiger partial charge in [0, 0.05) is 6.04 Å². The Morgan fingerprint density at radius 2 is 2.10 bits per heavy atom. The smallest absolute Gasteiger partial charge is 0.322 e. The molecule has 1 saturated carbocycles. The third kappa shape index (κ3) is 3.69. The predicted octanol–water partition coefficient (Wildman–Crippen LogP) is 1.16. The molecule has 1 aromatic rings. The van der Waals surface area contributed by atoms with Crippen LogP contribution in [-0.4, -0.2) is 40.1 Å². The summed E-state index contributed by atoms with van der Waals surface area (Å²) in [7, 11) is 0. The van der Waals surface area contributed by atoms with Crippen LogP contribution in [-0.2, 0) is 4.79 Å². The van der Waals surface area contributed by atoms with Crippen LogP contribution in [0.3, 0.4) is 0 Å². The van der Waals surface area contributed by atoms with E-state index in [-0.39, 0.29) is 23.9 Å². The monoisotopic (exact) mass is 299 g/mol. The number of nitrogens with two attached hydrogens (primary N) is 1. The van der Waals surface area contributed by atoms with E-state index < -0.39 is 5.91 Å². The maximum Gasteiger partial charge on any atom is 0.322 e. The molecule has 20 heavy (non-hydrogen) atoms. The zero-order chi connectivity index (χ0) is 14.5. The number of ether oxygens (including phenoxy) is 1. The number of carbonyl (C=O) groups is 1. The summed E-state index contributed by atoms with van der Waals surface area (Å²) in [5.74, 6) is -0.0782. The van der Waals surface area contributed by atoms with Crippen molar-refractivity contribution in [3.63, 3.8) is 0 Å². The van der Waals surface area contributed by atoms with Crippen LogP contribution in [0, 0.1) is 0 Å². The fourth-order valence-electron chi connectivity index (χ4n) is 2.39. The Hall–Kier alpha value is -1.63. The third-order valence-corrected chi connectivity index (χ3v) is 3.37. The van der Waals surface area contributed by atoms with Crippen LogP contribution in [0.1, 0.15) is 32.6 Å². The van der Waals surface area contributed by atoms with Gasteiger partial charge in [-0.2, -0.15) is 15.0 Å². The fraction of sp³-hybridized carbons (Fsp3) is 0.667. The van der Waals surface area contributed by atoms with Gasteiger partial charge in [-0.15, -0.1) is 0 Å². The molecule has 1 fully saturated rings.